The number of hydrogen-bond acceptors (Lipinski definition) is 3. The van der Waals surface area contributed by atoms with Crippen molar-refractivity contribution in [3.8, 4) is 0 Å². The molecule has 3 heteroatoms. The van der Waals surface area contributed by atoms with Crippen molar-refractivity contribution in [3.63, 3.8) is 0 Å². The van der Waals surface area contributed by atoms with Crippen molar-refractivity contribution in [2.45, 2.75) is 19.3 Å². The van der Waals surface area contributed by atoms with E-state index in [0.717, 1.165) is 24.8 Å². The molecule has 0 aliphatic rings. The first kappa shape index (κ1) is 13.3. The maximum absolute atomic E-state index is 11.6. The predicted molar refractivity (Wildman–Crippen MR) is 74.0 cm³/mol. The van der Waals surface area contributed by atoms with Crippen LogP contribution in [-0.2, 0) is 17.6 Å². The number of aryl methyl sites for hydroxylation is 2. The van der Waals surface area contributed by atoms with Crippen LogP contribution in [0.5, 0.6) is 0 Å². The van der Waals surface area contributed by atoms with Gasteiger partial charge in [0, 0.05) is 12.4 Å². The number of nitrogens with zero attached hydrogens (tertiary/aromatic N) is 1. The number of rotatable bonds is 5. The summed E-state index contributed by atoms with van der Waals surface area (Å²) in [6.07, 6.45) is 6.17. The molecule has 0 saturated carbocycles. The quantitative estimate of drug-likeness (QED) is 0.771. The van der Waals surface area contributed by atoms with Crippen molar-refractivity contribution in [1.29, 1.82) is 0 Å². The highest BCUT2D eigenvalue weighted by Crippen LogP contribution is 2.13. The average Bonchev–Trinajstić information content (AvgIpc) is 2.48. The van der Waals surface area contributed by atoms with Gasteiger partial charge in [0.2, 0.25) is 0 Å². The zero-order chi connectivity index (χ0) is 13.5. The Morgan fingerprint density at radius 1 is 1.16 bits per heavy atom. The summed E-state index contributed by atoms with van der Waals surface area (Å²) in [4.78, 5) is 15.7. The van der Waals surface area contributed by atoms with E-state index in [4.69, 9.17) is 4.74 Å². The summed E-state index contributed by atoms with van der Waals surface area (Å²) in [6, 6.07) is 12.0. The van der Waals surface area contributed by atoms with Crippen LogP contribution in [-0.4, -0.2) is 18.1 Å². The molecular formula is C16H17NO2. The van der Waals surface area contributed by atoms with E-state index in [1.807, 2.05) is 18.2 Å². The van der Waals surface area contributed by atoms with Crippen LogP contribution in [0.1, 0.15) is 27.9 Å². The first-order chi connectivity index (χ1) is 9.31. The average molecular weight is 255 g/mol. The van der Waals surface area contributed by atoms with E-state index in [1.165, 1.54) is 12.7 Å². The van der Waals surface area contributed by atoms with Crippen molar-refractivity contribution >= 4 is 5.97 Å². The van der Waals surface area contributed by atoms with Gasteiger partial charge in [0.05, 0.1) is 12.7 Å². The van der Waals surface area contributed by atoms with Gasteiger partial charge in [0.25, 0.3) is 0 Å². The smallest absolute Gasteiger partial charge is 0.338 e. The van der Waals surface area contributed by atoms with Crippen LogP contribution in [0.4, 0.5) is 0 Å². The molecule has 19 heavy (non-hydrogen) atoms. The lowest BCUT2D eigenvalue weighted by atomic mass is 10.0. The number of methoxy groups -OCH3 is 1. The molecule has 0 atom stereocenters. The fourth-order valence-corrected chi connectivity index (χ4v) is 2.06. The zero-order valence-corrected chi connectivity index (χ0v) is 11.0. The summed E-state index contributed by atoms with van der Waals surface area (Å²) in [5, 5.41) is 0. The number of benzene rings is 1. The highest BCUT2D eigenvalue weighted by atomic mass is 16.5. The van der Waals surface area contributed by atoms with Gasteiger partial charge in [0.15, 0.2) is 0 Å². The van der Waals surface area contributed by atoms with Gasteiger partial charge in [-0.3, -0.25) is 4.98 Å². The van der Waals surface area contributed by atoms with Gasteiger partial charge in [0.1, 0.15) is 0 Å². The van der Waals surface area contributed by atoms with E-state index in [0.29, 0.717) is 5.56 Å². The molecule has 0 amide bonds. The Hall–Kier alpha value is -2.16. The maximum atomic E-state index is 11.6. The normalized spacial score (nSPS) is 10.2. The fourth-order valence-electron chi connectivity index (χ4n) is 2.06. The molecule has 1 heterocycles. The highest BCUT2D eigenvalue weighted by molar-refractivity contribution is 5.90. The molecule has 0 aliphatic carbocycles. The van der Waals surface area contributed by atoms with Gasteiger partial charge in [-0.2, -0.15) is 0 Å². The first-order valence-electron chi connectivity index (χ1n) is 6.36. The van der Waals surface area contributed by atoms with Gasteiger partial charge < -0.3 is 4.74 Å². The third kappa shape index (κ3) is 3.65. The minimum atomic E-state index is -0.294. The van der Waals surface area contributed by atoms with Crippen LogP contribution in [0.3, 0.4) is 0 Å². The molecule has 0 spiro atoms. The number of carbonyl (C=O) groups excluding carboxylic acids is 1. The number of esters is 1. The molecule has 0 saturated heterocycles. The van der Waals surface area contributed by atoms with Crippen LogP contribution < -0.4 is 0 Å². The van der Waals surface area contributed by atoms with Gasteiger partial charge in [-0.1, -0.05) is 30.3 Å². The monoisotopic (exact) mass is 255 g/mol. The second kappa shape index (κ2) is 6.69. The number of ether oxygens (including phenoxy) is 1. The summed E-state index contributed by atoms with van der Waals surface area (Å²) in [5.41, 5.74) is 2.88. The van der Waals surface area contributed by atoms with Crippen LogP contribution >= 0.6 is 0 Å². The second-order valence-electron chi connectivity index (χ2n) is 4.36. The van der Waals surface area contributed by atoms with Crippen molar-refractivity contribution in [2.24, 2.45) is 0 Å². The van der Waals surface area contributed by atoms with Crippen molar-refractivity contribution < 1.29 is 9.53 Å². The minimum absolute atomic E-state index is 0.294. The molecule has 98 valence electrons. The van der Waals surface area contributed by atoms with E-state index in [1.54, 1.807) is 18.5 Å². The Labute approximate surface area is 113 Å². The second-order valence-corrected chi connectivity index (χ2v) is 4.36. The van der Waals surface area contributed by atoms with E-state index in [2.05, 4.69) is 17.1 Å². The Balaban J connectivity index is 1.98. The summed E-state index contributed by atoms with van der Waals surface area (Å²) in [5.74, 6) is -0.294. The van der Waals surface area contributed by atoms with Crippen LogP contribution in [0.2, 0.25) is 0 Å². The van der Waals surface area contributed by atoms with Crippen LogP contribution in [0.15, 0.2) is 48.8 Å². The molecular weight excluding hydrogens is 238 g/mol. The summed E-state index contributed by atoms with van der Waals surface area (Å²) in [6.45, 7) is 0. The van der Waals surface area contributed by atoms with E-state index in [9.17, 15) is 4.79 Å². The maximum Gasteiger partial charge on any atom is 0.338 e. The molecule has 0 N–H and O–H groups in total. The van der Waals surface area contributed by atoms with Crippen molar-refractivity contribution in [3.05, 3.63) is 65.5 Å². The zero-order valence-electron chi connectivity index (χ0n) is 11.0. The molecule has 0 bridgehead atoms. The van der Waals surface area contributed by atoms with Gasteiger partial charge >= 0.3 is 5.97 Å². The van der Waals surface area contributed by atoms with Crippen LogP contribution in [0, 0.1) is 0 Å². The molecule has 3 nitrogen and oxygen atoms in total. The lowest BCUT2D eigenvalue weighted by Crippen LogP contribution is -2.06. The first-order valence-corrected chi connectivity index (χ1v) is 6.36. The lowest BCUT2D eigenvalue weighted by Gasteiger charge is -2.07. The molecule has 1 aromatic carbocycles. The minimum Gasteiger partial charge on any atom is -0.465 e. The summed E-state index contributed by atoms with van der Waals surface area (Å²) in [7, 11) is 1.40. The van der Waals surface area contributed by atoms with Gasteiger partial charge in [-0.15, -0.1) is 0 Å². The number of hydrogen-bond donors (Lipinski definition) is 0. The SMILES string of the molecule is COC(=O)c1ccncc1CCCc1ccccc1. The fraction of sp³-hybridized carbons (Fsp3) is 0.250. The Bertz CT molecular complexity index is 537. The third-order valence-corrected chi connectivity index (χ3v) is 3.06. The molecule has 2 rings (SSSR count). The molecule has 0 unspecified atom stereocenters. The Morgan fingerprint density at radius 3 is 2.68 bits per heavy atom. The standard InChI is InChI=1S/C16H17NO2/c1-19-16(18)15-10-11-17-12-14(15)9-5-8-13-6-3-2-4-7-13/h2-4,6-7,10-12H,5,8-9H2,1H3. The van der Waals surface area contributed by atoms with Gasteiger partial charge in [-0.05, 0) is 36.5 Å². The van der Waals surface area contributed by atoms with E-state index >= 15 is 0 Å². The number of carbonyl (C=O) groups is 1. The summed E-state index contributed by atoms with van der Waals surface area (Å²) < 4.78 is 4.77. The van der Waals surface area contributed by atoms with Crippen LogP contribution in [0.25, 0.3) is 0 Å². The topological polar surface area (TPSA) is 39.2 Å². The highest BCUT2D eigenvalue weighted by Gasteiger charge is 2.10. The number of aromatic nitrogens is 1. The molecule has 2 aromatic rings. The predicted octanol–water partition coefficient (Wildman–Crippen LogP) is 3.04. The lowest BCUT2D eigenvalue weighted by molar-refractivity contribution is 0.0599. The van der Waals surface area contributed by atoms with Gasteiger partial charge in [-0.25, -0.2) is 4.79 Å². The van der Waals surface area contributed by atoms with Crippen molar-refractivity contribution in [1.82, 2.24) is 4.98 Å². The largest absolute Gasteiger partial charge is 0.465 e. The summed E-state index contributed by atoms with van der Waals surface area (Å²) >= 11 is 0. The van der Waals surface area contributed by atoms with E-state index < -0.39 is 0 Å². The third-order valence-electron chi connectivity index (χ3n) is 3.06. The Morgan fingerprint density at radius 2 is 1.95 bits per heavy atom. The van der Waals surface area contributed by atoms with Crippen molar-refractivity contribution in [2.75, 3.05) is 7.11 Å². The molecule has 1 aromatic heterocycles. The number of pyridine rings is 1. The molecule has 0 radical (unpaired) electrons. The molecule has 0 aliphatic heterocycles. The van der Waals surface area contributed by atoms with E-state index in [-0.39, 0.29) is 5.97 Å². The molecule has 0 fully saturated rings. The Kier molecular flexibility index (Phi) is 4.67.